The smallest absolute Gasteiger partial charge is 0.158 e. The summed E-state index contributed by atoms with van der Waals surface area (Å²) >= 11 is 8.57. The van der Waals surface area contributed by atoms with Crippen LogP contribution in [0.25, 0.3) is 10.9 Å². The molecule has 0 amide bonds. The number of ether oxygens (including phenoxy) is 1. The van der Waals surface area contributed by atoms with Crippen molar-refractivity contribution in [3.05, 3.63) is 33.0 Å². The maximum atomic E-state index is 6.31. The van der Waals surface area contributed by atoms with Gasteiger partial charge in [0.2, 0.25) is 0 Å². The second-order valence-electron chi connectivity index (χ2n) is 5.80. The first-order valence-electron chi connectivity index (χ1n) is 8.14. The van der Waals surface area contributed by atoms with Crippen molar-refractivity contribution in [3.63, 3.8) is 0 Å². The van der Waals surface area contributed by atoms with Crippen LogP contribution in [0.15, 0.2) is 24.4 Å². The molecule has 23 heavy (non-hydrogen) atoms. The molecule has 1 aromatic heterocycles. The Kier molecular flexibility index (Phi) is 7.37. The van der Waals surface area contributed by atoms with Crippen molar-refractivity contribution in [1.29, 1.82) is 0 Å². The molecule has 1 aromatic carbocycles. The lowest BCUT2D eigenvalue weighted by molar-refractivity contribution is 0.221. The van der Waals surface area contributed by atoms with E-state index in [2.05, 4.69) is 53.2 Å². The van der Waals surface area contributed by atoms with Crippen LogP contribution >= 0.6 is 34.2 Å². The van der Waals surface area contributed by atoms with Gasteiger partial charge in [-0.2, -0.15) is 0 Å². The third-order valence-corrected chi connectivity index (χ3v) is 5.21. The van der Waals surface area contributed by atoms with Crippen molar-refractivity contribution in [1.82, 2.24) is 9.88 Å². The summed E-state index contributed by atoms with van der Waals surface area (Å²) in [4.78, 5) is 6.90. The maximum Gasteiger partial charge on any atom is 0.158 e. The number of hydrogen-bond donors (Lipinski definition) is 0. The molecule has 0 saturated carbocycles. The molecule has 126 valence electrons. The molecule has 0 aliphatic heterocycles. The number of hydrogen-bond acceptors (Lipinski definition) is 3. The first-order valence-corrected chi connectivity index (χ1v) is 9.60. The lowest BCUT2D eigenvalue weighted by Gasteiger charge is -2.21. The van der Waals surface area contributed by atoms with E-state index in [4.69, 9.17) is 16.3 Å². The van der Waals surface area contributed by atoms with E-state index in [0.717, 1.165) is 51.3 Å². The van der Waals surface area contributed by atoms with Gasteiger partial charge in [0.05, 0.1) is 15.2 Å². The summed E-state index contributed by atoms with van der Waals surface area (Å²) in [6.07, 6.45) is 2.92. The van der Waals surface area contributed by atoms with E-state index >= 15 is 0 Å². The Bertz CT molecular complexity index is 646. The Morgan fingerprint density at radius 3 is 2.78 bits per heavy atom. The SMILES string of the molecule is CCN(CC)CCC(C)COc1c(I)cc(Cl)c2cccnc12. The summed E-state index contributed by atoms with van der Waals surface area (Å²) in [5, 5.41) is 1.67. The summed E-state index contributed by atoms with van der Waals surface area (Å²) in [5.74, 6) is 1.35. The Labute approximate surface area is 157 Å². The molecular formula is C18H24ClIN2O. The predicted molar refractivity (Wildman–Crippen MR) is 107 cm³/mol. The molecule has 0 radical (unpaired) electrons. The molecule has 1 unspecified atom stereocenters. The molecule has 2 aromatic rings. The van der Waals surface area contributed by atoms with Crippen molar-refractivity contribution in [2.75, 3.05) is 26.2 Å². The third kappa shape index (κ3) is 4.94. The molecule has 2 rings (SSSR count). The highest BCUT2D eigenvalue weighted by Crippen LogP contribution is 2.34. The van der Waals surface area contributed by atoms with Crippen molar-refractivity contribution in [2.24, 2.45) is 5.92 Å². The lowest BCUT2D eigenvalue weighted by Crippen LogP contribution is -2.26. The largest absolute Gasteiger partial charge is 0.490 e. The van der Waals surface area contributed by atoms with Crippen LogP contribution in [0.5, 0.6) is 5.75 Å². The quantitative estimate of drug-likeness (QED) is 0.519. The zero-order valence-electron chi connectivity index (χ0n) is 14.0. The minimum absolute atomic E-state index is 0.501. The van der Waals surface area contributed by atoms with E-state index in [-0.39, 0.29) is 0 Å². The third-order valence-electron chi connectivity index (χ3n) is 4.10. The summed E-state index contributed by atoms with van der Waals surface area (Å²) < 4.78 is 7.13. The standard InChI is InChI=1S/C18H24ClIN2O/c1-4-22(5-2)10-8-13(3)12-23-18-16(20)11-15(19)14-7-6-9-21-17(14)18/h6-7,9,11,13H,4-5,8,10,12H2,1-3H3. The number of halogens is 2. The maximum absolute atomic E-state index is 6.31. The minimum atomic E-state index is 0.501. The van der Waals surface area contributed by atoms with E-state index < -0.39 is 0 Å². The van der Waals surface area contributed by atoms with Crippen LogP contribution in [0.3, 0.4) is 0 Å². The molecule has 0 fully saturated rings. The number of fused-ring (bicyclic) bond motifs is 1. The van der Waals surface area contributed by atoms with Gasteiger partial charge in [0.25, 0.3) is 0 Å². The molecule has 0 bridgehead atoms. The van der Waals surface area contributed by atoms with Crippen LogP contribution in [0.1, 0.15) is 27.2 Å². The molecule has 1 heterocycles. The molecule has 5 heteroatoms. The molecule has 0 saturated heterocycles. The van der Waals surface area contributed by atoms with Crippen LogP contribution < -0.4 is 4.74 Å². The monoisotopic (exact) mass is 446 g/mol. The fourth-order valence-electron chi connectivity index (χ4n) is 2.54. The molecule has 1 atom stereocenters. The normalized spacial score (nSPS) is 12.8. The Morgan fingerprint density at radius 1 is 1.35 bits per heavy atom. The fourth-order valence-corrected chi connectivity index (χ4v) is 3.70. The van der Waals surface area contributed by atoms with Crippen molar-refractivity contribution in [2.45, 2.75) is 27.2 Å². The number of nitrogens with zero attached hydrogens (tertiary/aromatic N) is 2. The first-order chi connectivity index (χ1) is 11.1. The van der Waals surface area contributed by atoms with E-state index in [0.29, 0.717) is 12.5 Å². The molecular weight excluding hydrogens is 423 g/mol. The van der Waals surface area contributed by atoms with Crippen molar-refractivity contribution in [3.8, 4) is 5.75 Å². The van der Waals surface area contributed by atoms with Gasteiger partial charge in [-0.25, -0.2) is 0 Å². The van der Waals surface area contributed by atoms with E-state index in [1.54, 1.807) is 6.20 Å². The lowest BCUT2D eigenvalue weighted by atomic mass is 10.1. The summed E-state index contributed by atoms with van der Waals surface area (Å²) in [6, 6.07) is 5.83. The highest BCUT2D eigenvalue weighted by molar-refractivity contribution is 14.1. The number of aromatic nitrogens is 1. The van der Waals surface area contributed by atoms with E-state index in [1.807, 2.05) is 18.2 Å². The van der Waals surface area contributed by atoms with Crippen LogP contribution in [-0.4, -0.2) is 36.1 Å². The second-order valence-corrected chi connectivity index (χ2v) is 7.37. The molecule has 0 spiro atoms. The first kappa shape index (κ1) is 18.7. The van der Waals surface area contributed by atoms with Gasteiger partial charge in [-0.1, -0.05) is 32.4 Å². The van der Waals surface area contributed by atoms with Crippen LogP contribution in [0, 0.1) is 9.49 Å². The van der Waals surface area contributed by atoms with Gasteiger partial charge in [0.1, 0.15) is 5.52 Å². The average molecular weight is 447 g/mol. The summed E-state index contributed by atoms with van der Waals surface area (Å²) in [6.45, 7) is 10.7. The molecule has 0 aliphatic carbocycles. The topological polar surface area (TPSA) is 25.4 Å². The van der Waals surface area contributed by atoms with Crippen LogP contribution in [0.4, 0.5) is 0 Å². The van der Waals surface area contributed by atoms with E-state index in [1.165, 1.54) is 0 Å². The van der Waals surface area contributed by atoms with Gasteiger partial charge < -0.3 is 9.64 Å². The molecule has 3 nitrogen and oxygen atoms in total. The minimum Gasteiger partial charge on any atom is -0.490 e. The molecule has 0 aliphatic rings. The average Bonchev–Trinajstić information content (AvgIpc) is 2.55. The summed E-state index contributed by atoms with van der Waals surface area (Å²) in [5.41, 5.74) is 0.848. The predicted octanol–water partition coefficient (Wildman–Crippen LogP) is 5.24. The molecule has 0 N–H and O–H groups in total. The van der Waals surface area contributed by atoms with Gasteiger partial charge >= 0.3 is 0 Å². The zero-order chi connectivity index (χ0) is 16.8. The fraction of sp³-hybridized carbons (Fsp3) is 0.500. The van der Waals surface area contributed by atoms with Gasteiger partial charge in [0, 0.05) is 11.6 Å². The highest BCUT2D eigenvalue weighted by Gasteiger charge is 2.14. The summed E-state index contributed by atoms with van der Waals surface area (Å²) in [7, 11) is 0. The van der Waals surface area contributed by atoms with E-state index in [9.17, 15) is 0 Å². The van der Waals surface area contributed by atoms with Gasteiger partial charge in [0.15, 0.2) is 5.75 Å². The van der Waals surface area contributed by atoms with Gasteiger partial charge in [-0.3, -0.25) is 4.98 Å². The Hall–Kier alpha value is -0.590. The zero-order valence-corrected chi connectivity index (χ0v) is 16.9. The van der Waals surface area contributed by atoms with Crippen molar-refractivity contribution >= 4 is 45.1 Å². The number of benzene rings is 1. The number of pyridine rings is 1. The van der Waals surface area contributed by atoms with Crippen LogP contribution in [-0.2, 0) is 0 Å². The Morgan fingerprint density at radius 2 is 2.09 bits per heavy atom. The van der Waals surface area contributed by atoms with Gasteiger partial charge in [-0.05, 0) is 72.8 Å². The second kappa shape index (κ2) is 9.04. The van der Waals surface area contributed by atoms with Gasteiger partial charge in [-0.15, -0.1) is 0 Å². The van der Waals surface area contributed by atoms with Crippen molar-refractivity contribution < 1.29 is 4.74 Å². The highest BCUT2D eigenvalue weighted by atomic mass is 127. The van der Waals surface area contributed by atoms with Crippen LogP contribution in [0.2, 0.25) is 5.02 Å². The Balaban J connectivity index is 2.05. The number of rotatable bonds is 8.